The topological polar surface area (TPSA) is 252 Å². The maximum Gasteiger partial charge on any atom is 0.442 e. The van der Waals surface area contributed by atoms with Crippen molar-refractivity contribution in [1.82, 2.24) is 26.4 Å². The van der Waals surface area contributed by atoms with Crippen LogP contribution in [0.15, 0.2) is 75.4 Å². The van der Waals surface area contributed by atoms with Crippen LogP contribution in [0, 0.1) is 5.92 Å². The molecule has 2 aromatic carbocycles. The summed E-state index contributed by atoms with van der Waals surface area (Å²) in [5, 5.41) is 30.8. The van der Waals surface area contributed by atoms with Crippen LogP contribution < -0.4 is 26.6 Å². The minimum absolute atomic E-state index is 0.000526. The monoisotopic (exact) mass is 909 g/mol. The van der Waals surface area contributed by atoms with Gasteiger partial charge in [0.2, 0.25) is 31.0 Å². The van der Waals surface area contributed by atoms with E-state index in [4.69, 9.17) is 18.7 Å². The number of aromatic nitrogens is 1. The number of hydrogen-bond acceptors (Lipinski definition) is 13. The van der Waals surface area contributed by atoms with Crippen LogP contribution in [0.5, 0.6) is 0 Å². The Morgan fingerprint density at radius 2 is 1.40 bits per heavy atom. The van der Waals surface area contributed by atoms with Crippen LogP contribution in [-0.4, -0.2) is 123 Å². The first kappa shape index (κ1) is 50.6. The van der Waals surface area contributed by atoms with E-state index in [0.717, 1.165) is 0 Å². The summed E-state index contributed by atoms with van der Waals surface area (Å²) in [4.78, 5) is 62.3. The van der Waals surface area contributed by atoms with E-state index in [1.54, 1.807) is 32.0 Å². The van der Waals surface area contributed by atoms with Gasteiger partial charge in [-0.3, -0.25) is 23.7 Å². The fourth-order valence-corrected chi connectivity index (χ4v) is 7.84. The smallest absolute Gasteiger partial charge is 0.394 e. The Morgan fingerprint density at radius 3 is 1.95 bits per heavy atom. The van der Waals surface area contributed by atoms with E-state index in [2.05, 4.69) is 36.7 Å². The second-order valence-corrected chi connectivity index (χ2v) is 16.8. The summed E-state index contributed by atoms with van der Waals surface area (Å²) in [6, 6.07) is 11.8. The Hall–Kier alpha value is -5.05. The van der Waals surface area contributed by atoms with Crippen LogP contribution in [0.2, 0.25) is 0 Å². The Balaban J connectivity index is 1.25. The molecule has 0 aliphatic carbocycles. The zero-order chi connectivity index (χ0) is 45.9. The molecule has 1 unspecified atom stereocenters. The lowest BCUT2D eigenvalue weighted by Gasteiger charge is -2.24. The van der Waals surface area contributed by atoms with Crippen molar-refractivity contribution in [2.45, 2.75) is 69.9 Å². The van der Waals surface area contributed by atoms with Crippen molar-refractivity contribution in [3.8, 4) is 11.3 Å². The standard InChI is InChI=1S/C41H55F3N7O11P/c1-3-33(39(56)48-35(26-52)38(55)46-17-9-19-60-21-23-61-22-20-59-18-8-16-45-36(53)4-2)47-37(54)29(27-63(57,58)32-10-6-5-7-11-32)24-31-25-34(49-62-31)28-12-14-30(15-13-28)40(50-51-40)41(42,43)44/h5-7,10-15,25,29,33,35,52H,3-4,8-9,16-24,26-27H2,1-2H3,(H,45,53)(H,46,55)(H,47,54)(H,48,56)(H,57,58)/t29-,33+,35+/m1/s1. The molecule has 1 aliphatic heterocycles. The Kier molecular flexibility index (Phi) is 19.8. The molecule has 0 radical (unpaired) electrons. The molecule has 0 fully saturated rings. The van der Waals surface area contributed by atoms with E-state index < -0.39 is 67.7 Å². The number of rotatable bonds is 29. The van der Waals surface area contributed by atoms with E-state index in [9.17, 15) is 46.9 Å². The predicted molar refractivity (Wildman–Crippen MR) is 222 cm³/mol. The SMILES string of the molecule is CCC(=O)NCCCOCCOCCOCCCNC(=O)[C@H](CO)NC(=O)[C@H](CC)NC(=O)[C@H](Cc1cc(-c2ccc(C3(C(F)(F)F)N=N3)cc2)no1)CP(=O)(O)c1ccccc1. The van der Waals surface area contributed by atoms with Gasteiger partial charge in [0, 0.05) is 67.8 Å². The molecule has 1 aliphatic rings. The van der Waals surface area contributed by atoms with E-state index in [0.29, 0.717) is 71.0 Å². The lowest BCUT2D eigenvalue weighted by atomic mass is 9.99. The summed E-state index contributed by atoms with van der Waals surface area (Å²) in [7, 11) is -4.17. The molecule has 18 nitrogen and oxygen atoms in total. The number of hydrogen-bond donors (Lipinski definition) is 6. The average Bonchev–Trinajstić information content (AvgIpc) is 3.98. The minimum atomic E-state index is -4.70. The molecule has 0 saturated carbocycles. The maximum atomic E-state index is 13.8. The van der Waals surface area contributed by atoms with E-state index in [1.807, 2.05) is 0 Å². The highest BCUT2D eigenvalue weighted by Crippen LogP contribution is 2.52. The number of nitrogens with zero attached hydrogens (tertiary/aromatic N) is 3. The lowest BCUT2D eigenvalue weighted by molar-refractivity contribution is -0.166. The van der Waals surface area contributed by atoms with Gasteiger partial charge in [-0.25, -0.2) is 0 Å². The number of alkyl halides is 3. The van der Waals surface area contributed by atoms with Crippen molar-refractivity contribution < 1.29 is 65.6 Å². The number of ether oxygens (including phenoxy) is 3. The molecule has 3 aromatic rings. The first-order valence-electron chi connectivity index (χ1n) is 20.6. The van der Waals surface area contributed by atoms with Crippen molar-refractivity contribution in [3.05, 3.63) is 72.0 Å². The van der Waals surface area contributed by atoms with Crippen LogP contribution in [0.25, 0.3) is 11.3 Å². The predicted octanol–water partition coefficient (Wildman–Crippen LogP) is 3.12. The highest BCUT2D eigenvalue weighted by Gasteiger charge is 2.65. The van der Waals surface area contributed by atoms with Crippen molar-refractivity contribution >= 4 is 36.3 Å². The van der Waals surface area contributed by atoms with Crippen molar-refractivity contribution in [1.29, 1.82) is 0 Å². The van der Waals surface area contributed by atoms with Gasteiger partial charge in [-0.2, -0.15) is 13.2 Å². The van der Waals surface area contributed by atoms with Crippen LogP contribution in [0.1, 0.15) is 50.9 Å². The molecule has 1 aromatic heterocycles. The number of aliphatic hydroxyl groups is 1. The summed E-state index contributed by atoms with van der Waals surface area (Å²) in [6.45, 7) is 5.64. The van der Waals surface area contributed by atoms with Crippen LogP contribution in [-0.2, 0) is 50.0 Å². The van der Waals surface area contributed by atoms with Crippen LogP contribution >= 0.6 is 7.37 Å². The summed E-state index contributed by atoms with van der Waals surface area (Å²) >= 11 is 0. The summed E-state index contributed by atoms with van der Waals surface area (Å²) in [5.41, 5.74) is -2.18. The van der Waals surface area contributed by atoms with Crippen molar-refractivity contribution in [2.24, 2.45) is 16.1 Å². The first-order valence-corrected chi connectivity index (χ1v) is 22.4. The fraction of sp³-hybridized carbons (Fsp3) is 0.537. The maximum absolute atomic E-state index is 13.8. The summed E-state index contributed by atoms with van der Waals surface area (Å²) in [6.07, 6.45) is -3.89. The van der Waals surface area contributed by atoms with E-state index >= 15 is 0 Å². The van der Waals surface area contributed by atoms with Gasteiger partial charge in [0.05, 0.1) is 39.0 Å². The van der Waals surface area contributed by atoms with Gasteiger partial charge in [-0.1, -0.05) is 61.5 Å². The average molecular weight is 910 g/mol. The van der Waals surface area contributed by atoms with Crippen molar-refractivity contribution in [3.63, 3.8) is 0 Å². The third-order valence-electron chi connectivity index (χ3n) is 9.76. The summed E-state index contributed by atoms with van der Waals surface area (Å²) in [5.74, 6) is -3.38. The molecule has 0 bridgehead atoms. The highest BCUT2D eigenvalue weighted by atomic mass is 31.2. The zero-order valence-electron chi connectivity index (χ0n) is 35.1. The Labute approximate surface area is 362 Å². The molecule has 0 saturated heterocycles. The third-order valence-corrected chi connectivity index (χ3v) is 11.8. The van der Waals surface area contributed by atoms with Gasteiger partial charge < -0.3 is 50.0 Å². The second-order valence-electron chi connectivity index (χ2n) is 14.5. The third kappa shape index (κ3) is 15.6. The Bertz CT molecular complexity index is 2000. The van der Waals surface area contributed by atoms with Gasteiger partial charge in [-0.05, 0) is 31.4 Å². The molecule has 63 heavy (non-hydrogen) atoms. The lowest BCUT2D eigenvalue weighted by Crippen LogP contribution is -2.55. The highest BCUT2D eigenvalue weighted by molar-refractivity contribution is 7.66. The number of aliphatic hydroxyl groups excluding tert-OH is 1. The molecular weight excluding hydrogens is 854 g/mol. The fourth-order valence-electron chi connectivity index (χ4n) is 6.10. The van der Waals surface area contributed by atoms with Crippen molar-refractivity contribution in [2.75, 3.05) is 65.5 Å². The number of halogens is 3. The number of carbonyl (C=O) groups is 4. The molecule has 6 N–H and O–H groups in total. The van der Waals surface area contributed by atoms with Gasteiger partial charge in [0.25, 0.3) is 0 Å². The first-order chi connectivity index (χ1) is 30.1. The number of benzene rings is 2. The number of carbonyl (C=O) groups excluding carboxylic acids is 4. The quantitative estimate of drug-likeness (QED) is 0.0434. The molecule has 4 rings (SSSR count). The van der Waals surface area contributed by atoms with Gasteiger partial charge in [-0.15, -0.1) is 10.2 Å². The van der Waals surface area contributed by atoms with Gasteiger partial charge >= 0.3 is 11.8 Å². The minimum Gasteiger partial charge on any atom is -0.394 e. The van der Waals surface area contributed by atoms with E-state index in [1.165, 1.54) is 42.5 Å². The molecular formula is C41H55F3N7O11P. The Morgan fingerprint density at radius 1 is 0.810 bits per heavy atom. The number of amides is 4. The van der Waals surface area contributed by atoms with Crippen LogP contribution in [0.4, 0.5) is 13.2 Å². The molecule has 346 valence electrons. The summed E-state index contributed by atoms with van der Waals surface area (Å²) < 4.78 is 75.9. The normalized spacial score (nSPS) is 15.4. The molecule has 2 heterocycles. The second kappa shape index (κ2) is 24.7. The molecule has 4 amide bonds. The van der Waals surface area contributed by atoms with E-state index in [-0.39, 0.29) is 47.6 Å². The van der Waals surface area contributed by atoms with Crippen LogP contribution in [0.3, 0.4) is 0 Å². The number of nitrogens with one attached hydrogen (secondary N) is 4. The molecule has 4 atom stereocenters. The van der Waals surface area contributed by atoms with Gasteiger partial charge in [0.1, 0.15) is 23.5 Å². The molecule has 22 heteroatoms. The largest absolute Gasteiger partial charge is 0.442 e. The van der Waals surface area contributed by atoms with Gasteiger partial charge in [0.15, 0.2) is 0 Å². The molecule has 0 spiro atoms. The zero-order valence-corrected chi connectivity index (χ0v) is 36.0.